The van der Waals surface area contributed by atoms with Gasteiger partial charge in [0.05, 0.1) is 6.34 Å². The molecule has 2 rings (SSSR count). The van der Waals surface area contributed by atoms with E-state index in [-0.39, 0.29) is 5.96 Å². The Morgan fingerprint density at radius 2 is 2.50 bits per heavy atom. The zero-order valence-electron chi connectivity index (χ0n) is 5.98. The van der Waals surface area contributed by atoms with Crippen LogP contribution in [-0.4, -0.2) is 35.2 Å². The Bertz CT molecular complexity index is 298. The van der Waals surface area contributed by atoms with Gasteiger partial charge in [0.1, 0.15) is 0 Å². The van der Waals surface area contributed by atoms with E-state index in [9.17, 15) is 9.90 Å². The average molecular weight is 169 g/mol. The van der Waals surface area contributed by atoms with E-state index in [0.717, 1.165) is 0 Å². The van der Waals surface area contributed by atoms with Crippen molar-refractivity contribution in [3.8, 4) is 0 Å². The molecule has 0 aromatic heterocycles. The summed E-state index contributed by atoms with van der Waals surface area (Å²) in [4.78, 5) is 18.6. The number of carbonyl (C=O) groups excluding carboxylic acids is 1. The van der Waals surface area contributed by atoms with Gasteiger partial charge in [-0.1, -0.05) is 0 Å². The second-order valence-electron chi connectivity index (χ2n) is 2.53. The van der Waals surface area contributed by atoms with Crippen LogP contribution in [0.25, 0.3) is 0 Å². The molecule has 0 aliphatic carbocycles. The fourth-order valence-corrected chi connectivity index (χ4v) is 1.07. The van der Waals surface area contributed by atoms with Gasteiger partial charge in [0, 0.05) is 0 Å². The first-order valence-electron chi connectivity index (χ1n) is 3.29. The minimum atomic E-state index is -1.76. The molecule has 0 saturated carbocycles. The molecule has 1 amide bonds. The number of aliphatic hydroxyl groups is 1. The molecule has 12 heavy (non-hydrogen) atoms. The Labute approximate surface area is 67.4 Å². The molecule has 2 aliphatic rings. The van der Waals surface area contributed by atoms with E-state index in [0.29, 0.717) is 0 Å². The van der Waals surface area contributed by atoms with Gasteiger partial charge in [-0.05, 0) is 0 Å². The number of hydrogen-bond donors (Lipinski definition) is 4. The smallest absolute Gasteiger partial charge is 0.284 e. The van der Waals surface area contributed by atoms with Gasteiger partial charge < -0.3 is 16.2 Å². The van der Waals surface area contributed by atoms with Gasteiger partial charge in [-0.3, -0.25) is 10.1 Å². The van der Waals surface area contributed by atoms with Crippen LogP contribution in [0.2, 0.25) is 0 Å². The normalized spacial score (nSPS) is 38.2. The maximum Gasteiger partial charge on any atom is 0.284 e. The lowest BCUT2D eigenvalue weighted by atomic mass is 10.1. The molecule has 2 aliphatic heterocycles. The quantitative estimate of drug-likeness (QED) is 0.311. The van der Waals surface area contributed by atoms with Crippen molar-refractivity contribution in [2.75, 3.05) is 0 Å². The molecule has 7 nitrogen and oxygen atoms in total. The van der Waals surface area contributed by atoms with Crippen LogP contribution in [0, 0.1) is 0 Å². The molecule has 5 N–H and O–H groups in total. The highest BCUT2D eigenvalue weighted by molar-refractivity contribution is 6.04. The summed E-state index contributed by atoms with van der Waals surface area (Å²) in [5.74, 6) is -0.673. The van der Waals surface area contributed by atoms with Crippen LogP contribution < -0.4 is 16.4 Å². The van der Waals surface area contributed by atoms with E-state index in [1.54, 1.807) is 0 Å². The van der Waals surface area contributed by atoms with Crippen molar-refractivity contribution in [2.24, 2.45) is 15.7 Å². The molecule has 0 saturated heterocycles. The zero-order chi connectivity index (χ0) is 8.77. The number of hydrogen-bond acceptors (Lipinski definition) is 6. The SMILES string of the molecule is NC1=N[C@H]2N=CN[C@@]2(O)C(=O)N1. The summed E-state index contributed by atoms with van der Waals surface area (Å²) in [6.45, 7) is 0. The van der Waals surface area contributed by atoms with Gasteiger partial charge in [-0.2, -0.15) is 0 Å². The highest BCUT2D eigenvalue weighted by atomic mass is 16.3. The van der Waals surface area contributed by atoms with E-state index in [1.165, 1.54) is 6.34 Å². The topological polar surface area (TPSA) is 112 Å². The predicted molar refractivity (Wildman–Crippen MR) is 40.1 cm³/mol. The number of carbonyl (C=O) groups is 1. The third-order valence-corrected chi connectivity index (χ3v) is 1.72. The van der Waals surface area contributed by atoms with Crippen molar-refractivity contribution in [2.45, 2.75) is 11.9 Å². The molecule has 0 radical (unpaired) electrons. The summed E-state index contributed by atoms with van der Waals surface area (Å²) < 4.78 is 0. The largest absolute Gasteiger partial charge is 0.370 e. The highest BCUT2D eigenvalue weighted by Gasteiger charge is 2.49. The maximum atomic E-state index is 11.1. The number of nitrogens with one attached hydrogen (secondary N) is 2. The predicted octanol–water partition coefficient (Wildman–Crippen LogP) is -2.92. The Kier molecular flexibility index (Phi) is 1.14. The number of fused-ring (bicyclic) bond motifs is 1. The summed E-state index contributed by atoms with van der Waals surface area (Å²) in [6.07, 6.45) is 0.359. The van der Waals surface area contributed by atoms with Crippen molar-refractivity contribution >= 4 is 18.2 Å². The molecule has 0 fully saturated rings. The lowest BCUT2D eigenvalue weighted by Gasteiger charge is -2.28. The second kappa shape index (κ2) is 1.95. The molecule has 64 valence electrons. The van der Waals surface area contributed by atoms with Crippen LogP contribution in [0.3, 0.4) is 0 Å². The van der Waals surface area contributed by atoms with Crippen LogP contribution in [-0.2, 0) is 4.79 Å². The lowest BCUT2D eigenvalue weighted by molar-refractivity contribution is -0.141. The van der Waals surface area contributed by atoms with Crippen molar-refractivity contribution < 1.29 is 9.90 Å². The molecule has 0 aromatic carbocycles. The lowest BCUT2D eigenvalue weighted by Crippen LogP contribution is -2.64. The zero-order valence-corrected chi connectivity index (χ0v) is 5.98. The van der Waals surface area contributed by atoms with Crippen molar-refractivity contribution in [1.29, 1.82) is 0 Å². The minimum absolute atomic E-state index is 0.0319. The number of guanidine groups is 1. The summed E-state index contributed by atoms with van der Waals surface area (Å²) >= 11 is 0. The number of nitrogens with two attached hydrogens (primary N) is 1. The van der Waals surface area contributed by atoms with E-state index < -0.39 is 17.8 Å². The van der Waals surface area contributed by atoms with Crippen LogP contribution >= 0.6 is 0 Å². The van der Waals surface area contributed by atoms with Crippen molar-refractivity contribution in [1.82, 2.24) is 10.6 Å². The molecular formula is C5H7N5O2. The number of rotatable bonds is 0. The Morgan fingerprint density at radius 1 is 1.75 bits per heavy atom. The minimum Gasteiger partial charge on any atom is -0.370 e. The van der Waals surface area contributed by atoms with Crippen LogP contribution in [0.5, 0.6) is 0 Å². The summed E-state index contributed by atoms with van der Waals surface area (Å²) in [6, 6.07) is 0. The monoisotopic (exact) mass is 169 g/mol. The van der Waals surface area contributed by atoms with Gasteiger partial charge in [-0.25, -0.2) is 9.98 Å². The second-order valence-corrected chi connectivity index (χ2v) is 2.53. The maximum absolute atomic E-state index is 11.1. The highest BCUT2D eigenvalue weighted by Crippen LogP contribution is 2.18. The third kappa shape index (κ3) is 0.706. The Morgan fingerprint density at radius 3 is 3.25 bits per heavy atom. The summed E-state index contributed by atoms with van der Waals surface area (Å²) in [7, 11) is 0. The first-order valence-corrected chi connectivity index (χ1v) is 3.29. The number of aliphatic imine (C=N–C) groups is 2. The number of nitrogens with zero attached hydrogens (tertiary/aromatic N) is 2. The van der Waals surface area contributed by atoms with Gasteiger partial charge in [0.25, 0.3) is 11.6 Å². The fourth-order valence-electron chi connectivity index (χ4n) is 1.07. The first kappa shape index (κ1) is 7.04. The van der Waals surface area contributed by atoms with Gasteiger partial charge in [0.15, 0.2) is 5.96 Å². The fraction of sp³-hybridized carbons (Fsp3) is 0.400. The van der Waals surface area contributed by atoms with Gasteiger partial charge >= 0.3 is 0 Å². The molecule has 0 spiro atoms. The van der Waals surface area contributed by atoms with E-state index in [1.807, 2.05) is 0 Å². The standard InChI is InChI=1S/C5H7N5O2/c6-4-9-2-5(12,3(11)10-4)8-1-7-2/h1-2,12H,(H,7,8)(H3,6,9,10,11)/t2-,5+/m1/s1. The number of amides is 1. The summed E-state index contributed by atoms with van der Waals surface area (Å²) in [5.41, 5.74) is 3.48. The molecule has 7 heteroatoms. The first-order chi connectivity index (χ1) is 5.63. The van der Waals surface area contributed by atoms with Crippen molar-refractivity contribution in [3.05, 3.63) is 0 Å². The van der Waals surface area contributed by atoms with Crippen molar-refractivity contribution in [3.63, 3.8) is 0 Å². The molecule has 0 aromatic rings. The van der Waals surface area contributed by atoms with Gasteiger partial charge in [-0.15, -0.1) is 0 Å². The van der Waals surface area contributed by atoms with Gasteiger partial charge in [0.2, 0.25) is 6.17 Å². The third-order valence-electron chi connectivity index (χ3n) is 1.72. The molecule has 2 heterocycles. The molecular weight excluding hydrogens is 162 g/mol. The average Bonchev–Trinajstić information content (AvgIpc) is 2.33. The molecule has 0 bridgehead atoms. The van der Waals surface area contributed by atoms with Crippen LogP contribution in [0.1, 0.15) is 0 Å². The molecule has 0 unspecified atom stereocenters. The Hall–Kier alpha value is -1.63. The van der Waals surface area contributed by atoms with Crippen LogP contribution in [0.4, 0.5) is 0 Å². The van der Waals surface area contributed by atoms with E-state index in [2.05, 4.69) is 20.6 Å². The van der Waals surface area contributed by atoms with Crippen LogP contribution in [0.15, 0.2) is 9.98 Å². The summed E-state index contributed by atoms with van der Waals surface area (Å²) in [5, 5.41) is 14.2. The molecule has 2 atom stereocenters. The van der Waals surface area contributed by atoms with E-state index in [4.69, 9.17) is 5.73 Å². The Balaban J connectivity index is 2.41. The van der Waals surface area contributed by atoms with E-state index >= 15 is 0 Å².